The molecule has 24 heavy (non-hydrogen) atoms. The number of benzene rings is 2. The number of ether oxygens (including phenoxy) is 1. The summed E-state index contributed by atoms with van der Waals surface area (Å²) in [6.45, 7) is 0. The zero-order valence-corrected chi connectivity index (χ0v) is 13.5. The van der Waals surface area contributed by atoms with E-state index in [-0.39, 0.29) is 5.91 Å². The van der Waals surface area contributed by atoms with Crippen LogP contribution in [0.2, 0.25) is 5.02 Å². The molecule has 0 bridgehead atoms. The van der Waals surface area contributed by atoms with E-state index in [2.05, 4.69) is 5.43 Å². The molecule has 0 aliphatic heterocycles. The molecule has 3 aromatic rings. The molecule has 2 aromatic carbocycles. The molecule has 122 valence electrons. The van der Waals surface area contributed by atoms with Crippen molar-refractivity contribution in [2.24, 2.45) is 5.84 Å². The zero-order chi connectivity index (χ0) is 17.3. The summed E-state index contributed by atoms with van der Waals surface area (Å²) in [7, 11) is 1.50. The molecular weight excluding hydrogens is 330 g/mol. The Kier molecular flexibility index (Phi) is 4.24. The van der Waals surface area contributed by atoms with Gasteiger partial charge in [-0.25, -0.2) is 5.84 Å². The molecule has 0 radical (unpaired) electrons. The summed E-state index contributed by atoms with van der Waals surface area (Å²) in [4.78, 5) is 24.8. The number of hydrogen-bond acceptors (Lipinski definition) is 4. The summed E-state index contributed by atoms with van der Waals surface area (Å²) >= 11 is 6.09. The third-order valence-electron chi connectivity index (χ3n) is 3.71. The fourth-order valence-corrected chi connectivity index (χ4v) is 2.80. The van der Waals surface area contributed by atoms with Crippen molar-refractivity contribution in [3.8, 4) is 5.75 Å². The van der Waals surface area contributed by atoms with Crippen LogP contribution in [0.25, 0.3) is 10.9 Å². The average molecular weight is 344 g/mol. The SMILES string of the molecule is COc1ccc(C(=O)n2cc(C(=O)NN)c3ccccc32)cc1Cl. The minimum absolute atomic E-state index is 0.313. The second kappa shape index (κ2) is 6.35. The lowest BCUT2D eigenvalue weighted by molar-refractivity contribution is 0.0955. The van der Waals surface area contributed by atoms with Crippen molar-refractivity contribution < 1.29 is 14.3 Å². The molecule has 0 spiro atoms. The number of para-hydroxylation sites is 1. The van der Waals surface area contributed by atoms with E-state index in [1.165, 1.54) is 23.9 Å². The number of halogens is 1. The Balaban J connectivity index is 2.14. The van der Waals surface area contributed by atoms with Crippen LogP contribution in [-0.4, -0.2) is 23.5 Å². The number of methoxy groups -OCH3 is 1. The van der Waals surface area contributed by atoms with Crippen LogP contribution in [0.1, 0.15) is 20.7 Å². The molecule has 0 unspecified atom stereocenters. The van der Waals surface area contributed by atoms with Gasteiger partial charge in [0.05, 0.1) is 23.2 Å². The fraction of sp³-hybridized carbons (Fsp3) is 0.0588. The molecule has 3 rings (SSSR count). The number of carbonyl (C=O) groups excluding carboxylic acids is 2. The largest absolute Gasteiger partial charge is 0.495 e. The summed E-state index contributed by atoms with van der Waals surface area (Å²) < 4.78 is 6.49. The number of amides is 1. The van der Waals surface area contributed by atoms with Crippen LogP contribution in [0.4, 0.5) is 0 Å². The summed E-state index contributed by atoms with van der Waals surface area (Å²) in [5.41, 5.74) is 3.39. The molecule has 1 aromatic heterocycles. The Morgan fingerprint density at radius 3 is 2.62 bits per heavy atom. The molecule has 0 saturated heterocycles. The highest BCUT2D eigenvalue weighted by atomic mass is 35.5. The van der Waals surface area contributed by atoms with Crippen molar-refractivity contribution in [2.75, 3.05) is 7.11 Å². The third-order valence-corrected chi connectivity index (χ3v) is 4.00. The fourth-order valence-electron chi connectivity index (χ4n) is 2.54. The molecule has 0 aliphatic rings. The zero-order valence-electron chi connectivity index (χ0n) is 12.7. The molecule has 0 fully saturated rings. The molecular formula is C17H14ClN3O3. The van der Waals surface area contributed by atoms with Crippen LogP contribution in [0.3, 0.4) is 0 Å². The number of hydrogen-bond donors (Lipinski definition) is 2. The Morgan fingerprint density at radius 2 is 1.96 bits per heavy atom. The van der Waals surface area contributed by atoms with Crippen LogP contribution in [0.5, 0.6) is 5.75 Å². The first-order valence-corrected chi connectivity index (χ1v) is 7.44. The lowest BCUT2D eigenvalue weighted by Crippen LogP contribution is -2.29. The lowest BCUT2D eigenvalue weighted by atomic mass is 10.1. The van der Waals surface area contributed by atoms with Crippen molar-refractivity contribution >= 4 is 34.3 Å². The quantitative estimate of drug-likeness (QED) is 0.435. The van der Waals surface area contributed by atoms with E-state index in [1.54, 1.807) is 36.4 Å². The van der Waals surface area contributed by atoms with Crippen molar-refractivity contribution in [3.63, 3.8) is 0 Å². The molecule has 7 heteroatoms. The number of hydrazine groups is 1. The third kappa shape index (κ3) is 2.62. The van der Waals surface area contributed by atoms with E-state index >= 15 is 0 Å². The monoisotopic (exact) mass is 343 g/mol. The maximum absolute atomic E-state index is 12.8. The topological polar surface area (TPSA) is 86.3 Å². The van der Waals surface area contributed by atoms with Crippen LogP contribution in [-0.2, 0) is 0 Å². The highest BCUT2D eigenvalue weighted by Gasteiger charge is 2.19. The Morgan fingerprint density at radius 1 is 1.21 bits per heavy atom. The molecule has 6 nitrogen and oxygen atoms in total. The molecule has 3 N–H and O–H groups in total. The van der Waals surface area contributed by atoms with Gasteiger partial charge in [-0.05, 0) is 24.3 Å². The maximum Gasteiger partial charge on any atom is 0.267 e. The van der Waals surface area contributed by atoms with Gasteiger partial charge < -0.3 is 4.74 Å². The van der Waals surface area contributed by atoms with Gasteiger partial charge in [0.2, 0.25) is 0 Å². The van der Waals surface area contributed by atoms with Crippen molar-refractivity contribution in [3.05, 3.63) is 64.8 Å². The van der Waals surface area contributed by atoms with Crippen molar-refractivity contribution in [1.29, 1.82) is 0 Å². The molecule has 1 heterocycles. The van der Waals surface area contributed by atoms with Crippen molar-refractivity contribution in [1.82, 2.24) is 9.99 Å². The van der Waals surface area contributed by atoms with Gasteiger partial charge in [-0.1, -0.05) is 29.8 Å². The molecule has 1 amide bonds. The van der Waals surface area contributed by atoms with Gasteiger partial charge in [-0.3, -0.25) is 19.6 Å². The lowest BCUT2D eigenvalue weighted by Gasteiger charge is -2.07. The van der Waals surface area contributed by atoms with E-state index in [4.69, 9.17) is 22.2 Å². The minimum atomic E-state index is -0.467. The van der Waals surface area contributed by atoms with E-state index in [0.717, 1.165) is 0 Å². The van der Waals surface area contributed by atoms with Crippen LogP contribution < -0.4 is 16.0 Å². The number of fused-ring (bicyclic) bond motifs is 1. The van der Waals surface area contributed by atoms with Crippen molar-refractivity contribution in [2.45, 2.75) is 0 Å². The van der Waals surface area contributed by atoms with Gasteiger partial charge in [0.1, 0.15) is 5.75 Å². The highest BCUT2D eigenvalue weighted by Crippen LogP contribution is 2.27. The van der Waals surface area contributed by atoms with Crippen LogP contribution in [0.15, 0.2) is 48.7 Å². The minimum Gasteiger partial charge on any atom is -0.495 e. The van der Waals surface area contributed by atoms with E-state index in [0.29, 0.717) is 32.8 Å². The van der Waals surface area contributed by atoms with Crippen LogP contribution in [0, 0.1) is 0 Å². The predicted octanol–water partition coefficient (Wildman–Crippen LogP) is 2.60. The molecule has 0 atom stereocenters. The number of rotatable bonds is 3. The van der Waals surface area contributed by atoms with E-state index < -0.39 is 5.91 Å². The first kappa shape index (κ1) is 16.0. The summed E-state index contributed by atoms with van der Waals surface area (Å²) in [6.07, 6.45) is 1.47. The van der Waals surface area contributed by atoms with Gasteiger partial charge in [0.25, 0.3) is 11.8 Å². The predicted molar refractivity (Wildman–Crippen MR) is 91.3 cm³/mol. The Hall–Kier alpha value is -2.83. The number of aromatic nitrogens is 1. The van der Waals surface area contributed by atoms with Crippen LogP contribution >= 0.6 is 11.6 Å². The molecule has 0 aliphatic carbocycles. The summed E-state index contributed by atoms with van der Waals surface area (Å²) in [6, 6.07) is 11.8. The van der Waals surface area contributed by atoms with E-state index in [9.17, 15) is 9.59 Å². The second-order valence-electron chi connectivity index (χ2n) is 5.06. The number of carbonyl (C=O) groups is 2. The van der Waals surface area contributed by atoms with Gasteiger partial charge in [-0.2, -0.15) is 0 Å². The first-order chi connectivity index (χ1) is 11.6. The standard InChI is InChI=1S/C17H14ClN3O3/c1-24-15-7-6-10(8-13(15)18)17(23)21-9-12(16(22)20-19)11-4-2-3-5-14(11)21/h2-9H,19H2,1H3,(H,20,22). The van der Waals surface area contributed by atoms with Gasteiger partial charge in [0, 0.05) is 17.1 Å². The Labute approximate surface area is 142 Å². The van der Waals surface area contributed by atoms with Gasteiger partial charge in [-0.15, -0.1) is 0 Å². The number of nitrogens with two attached hydrogens (primary N) is 1. The summed E-state index contributed by atoms with van der Waals surface area (Å²) in [5.74, 6) is 4.92. The van der Waals surface area contributed by atoms with E-state index in [1.807, 2.05) is 0 Å². The second-order valence-corrected chi connectivity index (χ2v) is 5.47. The normalized spacial score (nSPS) is 10.6. The Bertz CT molecular complexity index is 949. The van der Waals surface area contributed by atoms with Gasteiger partial charge >= 0.3 is 0 Å². The average Bonchev–Trinajstić information content (AvgIpc) is 3.00. The molecule has 0 saturated carbocycles. The highest BCUT2D eigenvalue weighted by molar-refractivity contribution is 6.32. The summed E-state index contributed by atoms with van der Waals surface area (Å²) in [5, 5.41) is 0.966. The number of nitrogen functional groups attached to an aromatic ring is 1. The maximum atomic E-state index is 12.8. The smallest absolute Gasteiger partial charge is 0.267 e. The number of nitrogens with zero attached hydrogens (tertiary/aromatic N) is 1. The van der Waals surface area contributed by atoms with Gasteiger partial charge in [0.15, 0.2) is 0 Å². The first-order valence-electron chi connectivity index (χ1n) is 7.06. The number of nitrogens with one attached hydrogen (secondary N) is 1.